The van der Waals surface area contributed by atoms with Crippen molar-refractivity contribution in [1.82, 2.24) is 15.2 Å². The fraction of sp³-hybridized carbons (Fsp3) is 0.615. The van der Waals surface area contributed by atoms with Gasteiger partial charge in [0.05, 0.1) is 0 Å². The fourth-order valence-corrected chi connectivity index (χ4v) is 2.45. The van der Waals surface area contributed by atoms with Crippen molar-refractivity contribution < 1.29 is 0 Å². The number of aromatic nitrogens is 1. The molecule has 16 heavy (non-hydrogen) atoms. The van der Waals surface area contributed by atoms with Gasteiger partial charge in [0, 0.05) is 17.9 Å². The molecule has 0 aliphatic carbocycles. The number of nitrogens with zero attached hydrogens (tertiary/aromatic N) is 2. The molecule has 0 aromatic carbocycles. The van der Waals surface area contributed by atoms with Gasteiger partial charge in [-0.2, -0.15) is 0 Å². The first-order chi connectivity index (χ1) is 7.74. The molecule has 0 saturated carbocycles. The monoisotopic (exact) mass is 219 g/mol. The van der Waals surface area contributed by atoms with Crippen LogP contribution in [0.4, 0.5) is 0 Å². The van der Waals surface area contributed by atoms with E-state index in [1.54, 1.807) is 0 Å². The molecule has 0 spiro atoms. The summed E-state index contributed by atoms with van der Waals surface area (Å²) in [6.45, 7) is 2.37. The van der Waals surface area contributed by atoms with E-state index in [-0.39, 0.29) is 5.54 Å². The second-order valence-corrected chi connectivity index (χ2v) is 4.87. The lowest BCUT2D eigenvalue weighted by Crippen LogP contribution is -2.52. The third-order valence-corrected chi connectivity index (χ3v) is 3.77. The molecule has 1 aliphatic rings. The van der Waals surface area contributed by atoms with Crippen molar-refractivity contribution in [2.45, 2.75) is 24.8 Å². The van der Waals surface area contributed by atoms with Crippen LogP contribution in [0.1, 0.15) is 18.4 Å². The van der Waals surface area contributed by atoms with Gasteiger partial charge >= 0.3 is 0 Å². The summed E-state index contributed by atoms with van der Waals surface area (Å²) in [4.78, 5) is 6.48. The molecule has 0 bridgehead atoms. The van der Waals surface area contributed by atoms with E-state index in [1.165, 1.54) is 31.5 Å². The molecule has 3 nitrogen and oxygen atoms in total. The Morgan fingerprint density at radius 3 is 2.50 bits per heavy atom. The van der Waals surface area contributed by atoms with E-state index in [4.69, 9.17) is 0 Å². The molecule has 2 heterocycles. The minimum Gasteiger partial charge on any atom is -0.314 e. The lowest BCUT2D eigenvalue weighted by Gasteiger charge is -2.40. The van der Waals surface area contributed by atoms with Crippen LogP contribution in [0.25, 0.3) is 0 Å². The highest BCUT2D eigenvalue weighted by Crippen LogP contribution is 2.25. The second-order valence-electron chi connectivity index (χ2n) is 4.87. The van der Waals surface area contributed by atoms with Gasteiger partial charge < -0.3 is 10.2 Å². The van der Waals surface area contributed by atoms with Crippen molar-refractivity contribution >= 4 is 0 Å². The highest BCUT2D eigenvalue weighted by molar-refractivity contribution is 5.15. The van der Waals surface area contributed by atoms with Crippen molar-refractivity contribution in [1.29, 1.82) is 0 Å². The van der Waals surface area contributed by atoms with Crippen LogP contribution in [-0.4, -0.2) is 42.6 Å². The van der Waals surface area contributed by atoms with Crippen molar-refractivity contribution in [3.05, 3.63) is 30.1 Å². The Morgan fingerprint density at radius 1 is 1.31 bits per heavy atom. The third-order valence-electron chi connectivity index (χ3n) is 3.77. The average Bonchev–Trinajstić information content (AvgIpc) is 2.34. The molecule has 0 atom stereocenters. The van der Waals surface area contributed by atoms with Gasteiger partial charge in [-0.05, 0) is 64.1 Å². The molecular weight excluding hydrogens is 198 g/mol. The van der Waals surface area contributed by atoms with Crippen molar-refractivity contribution in [2.24, 2.45) is 0 Å². The van der Waals surface area contributed by atoms with Crippen LogP contribution in [0, 0.1) is 0 Å². The molecule has 0 unspecified atom stereocenters. The normalized spacial score (nSPS) is 20.9. The summed E-state index contributed by atoms with van der Waals surface area (Å²) in [5, 5.41) is 3.54. The van der Waals surface area contributed by atoms with Gasteiger partial charge in [-0.25, -0.2) is 0 Å². The van der Waals surface area contributed by atoms with Gasteiger partial charge in [0.25, 0.3) is 0 Å². The molecule has 1 saturated heterocycles. The summed E-state index contributed by atoms with van der Waals surface area (Å²) >= 11 is 0. The number of hydrogen-bond acceptors (Lipinski definition) is 3. The van der Waals surface area contributed by atoms with Gasteiger partial charge in [0.1, 0.15) is 0 Å². The number of nitrogens with one attached hydrogen (secondary N) is 1. The van der Waals surface area contributed by atoms with E-state index in [0.29, 0.717) is 0 Å². The Bertz CT molecular complexity index is 315. The summed E-state index contributed by atoms with van der Waals surface area (Å²) in [6, 6.07) is 4.24. The number of likely N-dealkylation sites (tertiary alicyclic amines) is 1. The average molecular weight is 219 g/mol. The summed E-state index contributed by atoms with van der Waals surface area (Å²) in [5.41, 5.74) is 1.67. The van der Waals surface area contributed by atoms with Gasteiger partial charge in [-0.1, -0.05) is 0 Å². The minimum atomic E-state index is 0.286. The largest absolute Gasteiger partial charge is 0.314 e. The zero-order chi connectivity index (χ0) is 11.4. The van der Waals surface area contributed by atoms with Gasteiger partial charge in [-0.3, -0.25) is 4.98 Å². The predicted molar refractivity (Wildman–Crippen MR) is 66.5 cm³/mol. The highest BCUT2D eigenvalue weighted by Gasteiger charge is 2.31. The second kappa shape index (κ2) is 4.93. The minimum absolute atomic E-state index is 0.286. The lowest BCUT2D eigenvalue weighted by molar-refractivity contribution is 0.163. The maximum atomic E-state index is 4.07. The molecule has 1 aliphatic heterocycles. The van der Waals surface area contributed by atoms with Gasteiger partial charge in [0.15, 0.2) is 0 Å². The maximum absolute atomic E-state index is 4.07. The molecule has 3 heteroatoms. The van der Waals surface area contributed by atoms with Crippen molar-refractivity contribution in [3.63, 3.8) is 0 Å². The zero-order valence-electron chi connectivity index (χ0n) is 10.2. The molecule has 1 fully saturated rings. The Kier molecular flexibility index (Phi) is 3.56. The number of pyridine rings is 1. The molecular formula is C13H21N3. The summed E-state index contributed by atoms with van der Waals surface area (Å²) < 4.78 is 0. The molecule has 1 aromatic rings. The predicted octanol–water partition coefficient (Wildman–Crippen LogP) is 1.31. The highest BCUT2D eigenvalue weighted by atomic mass is 15.1. The molecule has 2 rings (SSSR count). The molecule has 0 radical (unpaired) electrons. The zero-order valence-corrected chi connectivity index (χ0v) is 10.2. The van der Waals surface area contributed by atoms with Crippen LogP contribution in [-0.2, 0) is 6.42 Å². The number of rotatable bonds is 3. The quantitative estimate of drug-likeness (QED) is 0.831. The van der Waals surface area contributed by atoms with E-state index >= 15 is 0 Å². The van der Waals surface area contributed by atoms with Crippen LogP contribution in [0.15, 0.2) is 24.5 Å². The van der Waals surface area contributed by atoms with E-state index in [2.05, 4.69) is 41.4 Å². The molecule has 0 amide bonds. The van der Waals surface area contributed by atoms with Crippen LogP contribution in [0.3, 0.4) is 0 Å². The number of likely N-dealkylation sites (N-methyl/N-ethyl adjacent to an activating group) is 1. The first-order valence-electron chi connectivity index (χ1n) is 6.00. The SMILES string of the molecule is CNC1(Cc2ccncc2)CCN(C)CC1. The maximum Gasteiger partial charge on any atom is 0.0270 e. The third kappa shape index (κ3) is 2.60. The standard InChI is InChI=1S/C13H21N3/c1-14-13(5-9-16(2)10-6-13)11-12-3-7-15-8-4-12/h3-4,7-8,14H,5-6,9-11H2,1-2H3. The summed E-state index contributed by atoms with van der Waals surface area (Å²) in [6.07, 6.45) is 7.33. The van der Waals surface area contributed by atoms with Crippen molar-refractivity contribution in [3.8, 4) is 0 Å². The molecule has 1 N–H and O–H groups in total. The van der Waals surface area contributed by atoms with Crippen LogP contribution in [0.5, 0.6) is 0 Å². The lowest BCUT2D eigenvalue weighted by atomic mass is 9.82. The van der Waals surface area contributed by atoms with Crippen LogP contribution in [0.2, 0.25) is 0 Å². The Balaban J connectivity index is 2.05. The van der Waals surface area contributed by atoms with Gasteiger partial charge in [0.2, 0.25) is 0 Å². The summed E-state index contributed by atoms with van der Waals surface area (Å²) in [7, 11) is 4.29. The van der Waals surface area contributed by atoms with Crippen LogP contribution >= 0.6 is 0 Å². The van der Waals surface area contributed by atoms with E-state index in [1.807, 2.05) is 12.4 Å². The van der Waals surface area contributed by atoms with Gasteiger partial charge in [-0.15, -0.1) is 0 Å². The van der Waals surface area contributed by atoms with Crippen LogP contribution < -0.4 is 5.32 Å². The topological polar surface area (TPSA) is 28.2 Å². The van der Waals surface area contributed by atoms with E-state index < -0.39 is 0 Å². The smallest absolute Gasteiger partial charge is 0.0270 e. The summed E-state index contributed by atoms with van der Waals surface area (Å²) in [5.74, 6) is 0. The van der Waals surface area contributed by atoms with Crippen molar-refractivity contribution in [2.75, 3.05) is 27.2 Å². The number of hydrogen-bond donors (Lipinski definition) is 1. The Morgan fingerprint density at radius 2 is 1.94 bits per heavy atom. The molecule has 1 aromatic heterocycles. The first kappa shape index (κ1) is 11.6. The molecule has 88 valence electrons. The first-order valence-corrected chi connectivity index (χ1v) is 6.00. The van der Waals surface area contributed by atoms with E-state index in [9.17, 15) is 0 Å². The number of piperidine rings is 1. The Hall–Kier alpha value is -0.930. The fourth-order valence-electron chi connectivity index (χ4n) is 2.45. The Labute approximate surface area is 97.9 Å². The van der Waals surface area contributed by atoms with E-state index in [0.717, 1.165) is 6.42 Å².